The molecule has 0 saturated carbocycles. The number of aliphatic hydroxyl groups is 1. The fourth-order valence-electron chi connectivity index (χ4n) is 5.30. The Morgan fingerprint density at radius 2 is 1.86 bits per heavy atom. The summed E-state index contributed by atoms with van der Waals surface area (Å²) < 4.78 is 0. The molecule has 11 heteroatoms. The molecular formula is C26H33ClN6O4. The summed E-state index contributed by atoms with van der Waals surface area (Å²) >= 11 is 6.04. The Morgan fingerprint density at radius 3 is 2.46 bits per heavy atom. The van der Waals surface area contributed by atoms with Crippen LogP contribution in [0.4, 0.5) is 10.6 Å². The first kappa shape index (κ1) is 26.7. The SMILES string of the molecule is CC(C)(C)N(C(=O)O)C1(C(=O)N[C@@H](CCO)c2ccc(Cl)cc2)CCN(c2ncnc3[nH]ccc23)CC1. The lowest BCUT2D eigenvalue weighted by Gasteiger charge is -2.51. The van der Waals surface area contributed by atoms with E-state index in [1.54, 1.807) is 51.2 Å². The summed E-state index contributed by atoms with van der Waals surface area (Å²) in [4.78, 5) is 41.9. The lowest BCUT2D eigenvalue weighted by Crippen LogP contribution is -2.69. The lowest BCUT2D eigenvalue weighted by molar-refractivity contribution is -0.138. The van der Waals surface area contributed by atoms with Crippen LogP contribution in [0.2, 0.25) is 5.02 Å². The van der Waals surface area contributed by atoms with Gasteiger partial charge < -0.3 is 25.4 Å². The normalized spacial score (nSPS) is 16.4. The molecule has 4 rings (SSSR count). The molecular weight excluding hydrogens is 496 g/mol. The van der Waals surface area contributed by atoms with Gasteiger partial charge in [-0.3, -0.25) is 9.69 Å². The predicted molar refractivity (Wildman–Crippen MR) is 142 cm³/mol. The molecule has 1 aliphatic rings. The Bertz CT molecular complexity index is 1250. The van der Waals surface area contributed by atoms with Crippen molar-refractivity contribution in [3.8, 4) is 0 Å². The van der Waals surface area contributed by atoms with Crippen molar-refractivity contribution in [3.63, 3.8) is 0 Å². The number of benzene rings is 1. The number of fused-ring (bicyclic) bond motifs is 1. The van der Waals surface area contributed by atoms with E-state index in [0.29, 0.717) is 18.1 Å². The van der Waals surface area contributed by atoms with Crippen molar-refractivity contribution in [2.24, 2.45) is 0 Å². The van der Waals surface area contributed by atoms with Crippen LogP contribution in [-0.4, -0.2) is 72.8 Å². The van der Waals surface area contributed by atoms with Gasteiger partial charge in [0.05, 0.1) is 11.4 Å². The predicted octanol–water partition coefficient (Wildman–Crippen LogP) is 3.97. The van der Waals surface area contributed by atoms with E-state index in [1.807, 2.05) is 6.07 Å². The summed E-state index contributed by atoms with van der Waals surface area (Å²) in [6, 6.07) is 8.46. The second kappa shape index (κ2) is 10.5. The third-order valence-corrected chi connectivity index (χ3v) is 7.18. The van der Waals surface area contributed by atoms with E-state index in [4.69, 9.17) is 11.6 Å². The Labute approximate surface area is 220 Å². The average molecular weight is 529 g/mol. The molecule has 0 aliphatic carbocycles. The van der Waals surface area contributed by atoms with Crippen LogP contribution in [-0.2, 0) is 4.79 Å². The standard InChI is InChI=1S/C26H33ClN6O4/c1-25(2,3)33(24(36)37)26(23(35)31-20(9-15-34)17-4-6-18(27)7-5-17)10-13-32(14-11-26)22-19-8-12-28-21(19)29-16-30-22/h4-8,12,16,20,34H,9-11,13-15H2,1-3H3,(H,31,35)(H,36,37)(H,28,29,30)/t20-/m0/s1. The zero-order valence-corrected chi connectivity index (χ0v) is 22.0. The molecule has 4 N–H and O–H groups in total. The molecule has 3 aromatic rings. The van der Waals surface area contributed by atoms with Crippen molar-refractivity contribution in [3.05, 3.63) is 53.4 Å². The number of aromatic nitrogens is 3. The van der Waals surface area contributed by atoms with Crippen molar-refractivity contribution in [2.45, 2.75) is 57.2 Å². The molecule has 0 radical (unpaired) electrons. The molecule has 0 spiro atoms. The summed E-state index contributed by atoms with van der Waals surface area (Å²) in [7, 11) is 0. The number of halogens is 1. The first-order chi connectivity index (χ1) is 17.6. The van der Waals surface area contributed by atoms with Gasteiger partial charge in [0.1, 0.15) is 23.3 Å². The molecule has 1 atom stereocenters. The first-order valence-electron chi connectivity index (χ1n) is 12.3. The van der Waals surface area contributed by atoms with E-state index in [9.17, 15) is 19.8 Å². The second-order valence-electron chi connectivity index (χ2n) is 10.3. The van der Waals surface area contributed by atoms with E-state index in [2.05, 4.69) is 25.2 Å². The maximum absolute atomic E-state index is 14.1. The number of carbonyl (C=O) groups is 2. The zero-order valence-electron chi connectivity index (χ0n) is 21.2. The Kier molecular flexibility index (Phi) is 7.61. The van der Waals surface area contributed by atoms with Gasteiger partial charge in [-0.05, 0) is 63.8 Å². The topological polar surface area (TPSA) is 135 Å². The Hall–Kier alpha value is -3.37. The van der Waals surface area contributed by atoms with Crippen LogP contribution in [0, 0.1) is 0 Å². The van der Waals surface area contributed by atoms with Gasteiger partial charge in [-0.2, -0.15) is 0 Å². The molecule has 0 unspecified atom stereocenters. The number of nitrogens with one attached hydrogen (secondary N) is 2. The third-order valence-electron chi connectivity index (χ3n) is 6.93. The summed E-state index contributed by atoms with van der Waals surface area (Å²) in [6.45, 7) is 6.09. The fraction of sp³-hybridized carbons (Fsp3) is 0.462. The number of carbonyl (C=O) groups excluding carboxylic acids is 1. The minimum absolute atomic E-state index is 0.142. The van der Waals surface area contributed by atoms with E-state index < -0.39 is 23.2 Å². The number of amides is 2. The quantitative estimate of drug-likeness (QED) is 0.364. The van der Waals surface area contributed by atoms with Crippen molar-refractivity contribution in [1.29, 1.82) is 0 Å². The first-order valence-corrected chi connectivity index (χ1v) is 12.7. The third kappa shape index (κ3) is 5.35. The lowest BCUT2D eigenvalue weighted by atomic mass is 9.81. The number of hydrogen-bond acceptors (Lipinski definition) is 6. The minimum atomic E-state index is -1.31. The van der Waals surface area contributed by atoms with Gasteiger partial charge in [-0.15, -0.1) is 0 Å². The van der Waals surface area contributed by atoms with E-state index >= 15 is 0 Å². The minimum Gasteiger partial charge on any atom is -0.465 e. The number of hydrogen-bond donors (Lipinski definition) is 4. The highest BCUT2D eigenvalue weighted by Crippen LogP contribution is 2.38. The molecule has 1 aromatic carbocycles. The van der Waals surface area contributed by atoms with Gasteiger partial charge in [0.15, 0.2) is 0 Å². The van der Waals surface area contributed by atoms with Crippen LogP contribution in [0.3, 0.4) is 0 Å². The van der Waals surface area contributed by atoms with Gasteiger partial charge in [0.25, 0.3) is 0 Å². The molecule has 198 valence electrons. The van der Waals surface area contributed by atoms with Crippen LogP contribution in [0.5, 0.6) is 0 Å². The summed E-state index contributed by atoms with van der Waals surface area (Å²) in [5.41, 5.74) is -0.643. The number of nitrogens with zero attached hydrogens (tertiary/aromatic N) is 4. The molecule has 2 aromatic heterocycles. The van der Waals surface area contributed by atoms with Gasteiger partial charge in [-0.1, -0.05) is 23.7 Å². The van der Waals surface area contributed by atoms with Crippen LogP contribution < -0.4 is 10.2 Å². The second-order valence-corrected chi connectivity index (χ2v) is 10.8. The van der Waals surface area contributed by atoms with Crippen molar-refractivity contribution in [1.82, 2.24) is 25.2 Å². The maximum Gasteiger partial charge on any atom is 0.408 e. The van der Waals surface area contributed by atoms with E-state index in [1.165, 1.54) is 11.2 Å². The number of aliphatic hydroxyl groups excluding tert-OH is 1. The van der Waals surface area contributed by atoms with E-state index in [-0.39, 0.29) is 31.8 Å². The number of H-pyrrole nitrogens is 1. The van der Waals surface area contributed by atoms with Crippen LogP contribution >= 0.6 is 11.6 Å². The largest absolute Gasteiger partial charge is 0.465 e. The maximum atomic E-state index is 14.1. The molecule has 10 nitrogen and oxygen atoms in total. The van der Waals surface area contributed by atoms with Crippen LogP contribution in [0.1, 0.15) is 51.6 Å². The Balaban J connectivity index is 1.67. The monoisotopic (exact) mass is 528 g/mol. The summed E-state index contributed by atoms with van der Waals surface area (Å²) in [5, 5.41) is 24.5. The smallest absolute Gasteiger partial charge is 0.408 e. The van der Waals surface area contributed by atoms with Crippen LogP contribution in [0.25, 0.3) is 11.0 Å². The highest BCUT2D eigenvalue weighted by atomic mass is 35.5. The molecule has 0 bridgehead atoms. The Morgan fingerprint density at radius 1 is 1.19 bits per heavy atom. The number of anilines is 1. The summed E-state index contributed by atoms with van der Waals surface area (Å²) in [5.74, 6) is 0.365. The number of rotatable bonds is 7. The van der Waals surface area contributed by atoms with Crippen molar-refractivity contribution >= 4 is 40.5 Å². The average Bonchev–Trinajstić information content (AvgIpc) is 3.33. The van der Waals surface area contributed by atoms with Crippen molar-refractivity contribution < 1.29 is 19.8 Å². The molecule has 37 heavy (non-hydrogen) atoms. The van der Waals surface area contributed by atoms with Gasteiger partial charge >= 0.3 is 6.09 Å². The van der Waals surface area contributed by atoms with Crippen molar-refractivity contribution in [2.75, 3.05) is 24.6 Å². The molecule has 1 saturated heterocycles. The number of carboxylic acid groups (broad SMARTS) is 1. The highest BCUT2D eigenvalue weighted by molar-refractivity contribution is 6.30. The van der Waals surface area contributed by atoms with Crippen LogP contribution in [0.15, 0.2) is 42.9 Å². The van der Waals surface area contributed by atoms with Gasteiger partial charge in [-0.25, -0.2) is 14.8 Å². The van der Waals surface area contributed by atoms with E-state index in [0.717, 1.165) is 22.4 Å². The highest BCUT2D eigenvalue weighted by Gasteiger charge is 2.53. The fourth-order valence-corrected chi connectivity index (χ4v) is 5.43. The molecule has 3 heterocycles. The van der Waals surface area contributed by atoms with Gasteiger partial charge in [0.2, 0.25) is 5.91 Å². The molecule has 1 fully saturated rings. The zero-order chi connectivity index (χ0) is 26.8. The van der Waals surface area contributed by atoms with Gasteiger partial charge in [0, 0.05) is 36.5 Å². The molecule has 2 amide bonds. The molecule has 1 aliphatic heterocycles. The number of aromatic amines is 1. The number of piperidine rings is 1. The summed E-state index contributed by atoms with van der Waals surface area (Å²) in [6.07, 6.45) is 2.96.